The molecular formula is C18H8BrN3O5S. The zero-order valence-corrected chi connectivity index (χ0v) is 16.1. The summed E-state index contributed by atoms with van der Waals surface area (Å²) in [6, 6.07) is 10.1. The zero-order valence-electron chi connectivity index (χ0n) is 13.7. The van der Waals surface area contributed by atoms with Crippen LogP contribution in [0.15, 0.2) is 51.5 Å². The number of nitrogens with one attached hydrogen (secondary N) is 1. The van der Waals surface area contributed by atoms with Gasteiger partial charge >= 0.3 is 0 Å². The fourth-order valence-corrected chi connectivity index (χ4v) is 4.25. The lowest BCUT2D eigenvalue weighted by atomic mass is 9.83. The topological polar surface area (TPSA) is 148 Å². The number of carbonyl (C=O) groups excluding carboxylic acids is 2. The summed E-state index contributed by atoms with van der Waals surface area (Å²) >= 11 is 3.09. The molecule has 0 aromatic heterocycles. The molecule has 138 valence electrons. The monoisotopic (exact) mass is 457 g/mol. The molecule has 2 aromatic rings. The first-order valence-electron chi connectivity index (χ1n) is 7.50. The number of nitrogens with zero attached hydrogens (tertiary/aromatic N) is 2. The second-order valence-corrected chi connectivity index (χ2v) is 7.83. The minimum atomic E-state index is -4.82. The largest absolute Gasteiger partial charge is 0.358 e. The van der Waals surface area contributed by atoms with E-state index in [9.17, 15) is 22.6 Å². The van der Waals surface area contributed by atoms with Gasteiger partial charge in [-0.05, 0) is 22.0 Å². The van der Waals surface area contributed by atoms with Crippen LogP contribution < -0.4 is 5.32 Å². The Morgan fingerprint density at radius 3 is 2.11 bits per heavy atom. The molecule has 0 amide bonds. The first-order chi connectivity index (χ1) is 13.2. The van der Waals surface area contributed by atoms with Crippen molar-refractivity contribution < 1.29 is 22.6 Å². The number of allylic oxidation sites excluding steroid dienone is 1. The zero-order chi connectivity index (χ0) is 20.6. The van der Waals surface area contributed by atoms with Gasteiger partial charge in [0.15, 0.2) is 11.6 Å². The number of halogens is 1. The molecule has 0 radical (unpaired) electrons. The van der Waals surface area contributed by atoms with Crippen LogP contribution in [0.4, 0.5) is 5.69 Å². The Bertz CT molecular complexity index is 1270. The average molecular weight is 458 g/mol. The van der Waals surface area contributed by atoms with Crippen LogP contribution in [0.3, 0.4) is 0 Å². The summed E-state index contributed by atoms with van der Waals surface area (Å²) in [6.07, 6.45) is 0.885. The predicted molar refractivity (Wildman–Crippen MR) is 100 cm³/mol. The molecule has 0 heterocycles. The van der Waals surface area contributed by atoms with E-state index in [4.69, 9.17) is 10.5 Å². The standard InChI is InChI=1S/C18H8BrN3O5S/c19-12-5-13(28(25,26)27)16(22-8-9(6-20)7-21)15-14(12)17(23)10-3-1-2-4-11(10)18(15)24/h1-5,8,22H,(H,25,26,27). The number of benzene rings is 2. The third-order valence-electron chi connectivity index (χ3n) is 3.99. The third kappa shape index (κ3) is 3.10. The third-order valence-corrected chi connectivity index (χ3v) is 5.50. The summed E-state index contributed by atoms with van der Waals surface area (Å²) in [5.41, 5.74) is -0.993. The van der Waals surface area contributed by atoms with Crippen molar-refractivity contribution in [2.24, 2.45) is 0 Å². The fraction of sp³-hybridized carbons (Fsp3) is 0. The van der Waals surface area contributed by atoms with E-state index in [0.29, 0.717) is 0 Å². The number of ketones is 2. The fourth-order valence-electron chi connectivity index (χ4n) is 2.81. The van der Waals surface area contributed by atoms with Crippen LogP contribution in [0.1, 0.15) is 31.8 Å². The van der Waals surface area contributed by atoms with Gasteiger partial charge in [0.25, 0.3) is 10.1 Å². The summed E-state index contributed by atoms with van der Waals surface area (Å²) in [7, 11) is -4.82. The van der Waals surface area contributed by atoms with Gasteiger partial charge < -0.3 is 5.32 Å². The number of fused-ring (bicyclic) bond motifs is 2. The lowest BCUT2D eigenvalue weighted by Crippen LogP contribution is -2.24. The molecule has 0 fully saturated rings. The van der Waals surface area contributed by atoms with E-state index in [0.717, 1.165) is 12.3 Å². The number of hydrogen-bond acceptors (Lipinski definition) is 7. The molecule has 0 atom stereocenters. The summed E-state index contributed by atoms with van der Waals surface area (Å²) in [5.74, 6) is -1.17. The van der Waals surface area contributed by atoms with Gasteiger partial charge in [-0.3, -0.25) is 14.1 Å². The van der Waals surface area contributed by atoms with Gasteiger partial charge in [-0.2, -0.15) is 18.9 Å². The van der Waals surface area contributed by atoms with Gasteiger partial charge in [0.2, 0.25) is 0 Å². The molecule has 0 spiro atoms. The molecule has 2 aromatic carbocycles. The molecule has 10 heteroatoms. The molecule has 28 heavy (non-hydrogen) atoms. The molecule has 0 saturated heterocycles. The average Bonchev–Trinajstić information content (AvgIpc) is 2.66. The van der Waals surface area contributed by atoms with E-state index in [1.54, 1.807) is 24.3 Å². The van der Waals surface area contributed by atoms with Crippen molar-refractivity contribution in [1.29, 1.82) is 10.5 Å². The second-order valence-electron chi connectivity index (χ2n) is 5.59. The van der Waals surface area contributed by atoms with Crippen LogP contribution in [0.2, 0.25) is 0 Å². The van der Waals surface area contributed by atoms with Crippen molar-refractivity contribution in [1.82, 2.24) is 0 Å². The highest BCUT2D eigenvalue weighted by molar-refractivity contribution is 9.10. The van der Waals surface area contributed by atoms with E-state index in [1.165, 1.54) is 12.1 Å². The number of carbonyl (C=O) groups is 2. The van der Waals surface area contributed by atoms with Crippen LogP contribution >= 0.6 is 15.9 Å². The van der Waals surface area contributed by atoms with Gasteiger partial charge in [-0.15, -0.1) is 0 Å². The highest BCUT2D eigenvalue weighted by atomic mass is 79.9. The molecular weight excluding hydrogens is 450 g/mol. The van der Waals surface area contributed by atoms with E-state index < -0.39 is 37.8 Å². The number of hydrogen-bond donors (Lipinski definition) is 2. The summed E-state index contributed by atoms with van der Waals surface area (Å²) in [6.45, 7) is 0. The minimum absolute atomic E-state index is 0.00158. The smallest absolute Gasteiger partial charge is 0.296 e. The molecule has 0 aliphatic heterocycles. The van der Waals surface area contributed by atoms with Crippen molar-refractivity contribution >= 4 is 43.3 Å². The van der Waals surface area contributed by atoms with Crippen molar-refractivity contribution in [3.8, 4) is 12.1 Å². The van der Waals surface area contributed by atoms with Crippen molar-refractivity contribution in [2.45, 2.75) is 4.90 Å². The first-order valence-corrected chi connectivity index (χ1v) is 9.73. The highest BCUT2D eigenvalue weighted by Crippen LogP contribution is 2.40. The second kappa shape index (κ2) is 7.02. The van der Waals surface area contributed by atoms with Crippen LogP contribution in [-0.2, 0) is 10.1 Å². The van der Waals surface area contributed by atoms with Crippen molar-refractivity contribution in [3.63, 3.8) is 0 Å². The van der Waals surface area contributed by atoms with E-state index in [1.807, 2.05) is 0 Å². The quantitative estimate of drug-likeness (QED) is 0.450. The Labute approximate surface area is 167 Å². The van der Waals surface area contributed by atoms with Gasteiger partial charge in [0.1, 0.15) is 22.6 Å². The molecule has 3 rings (SSSR count). The highest BCUT2D eigenvalue weighted by Gasteiger charge is 2.36. The minimum Gasteiger partial charge on any atom is -0.358 e. The summed E-state index contributed by atoms with van der Waals surface area (Å²) < 4.78 is 33.3. The molecule has 0 bridgehead atoms. The van der Waals surface area contributed by atoms with Gasteiger partial charge in [0, 0.05) is 21.8 Å². The van der Waals surface area contributed by atoms with Crippen LogP contribution in [-0.4, -0.2) is 24.5 Å². The van der Waals surface area contributed by atoms with Crippen molar-refractivity contribution in [2.75, 3.05) is 5.32 Å². The normalized spacial score (nSPS) is 12.3. The number of anilines is 1. The number of rotatable bonds is 3. The Kier molecular flexibility index (Phi) is 4.87. The molecule has 0 unspecified atom stereocenters. The predicted octanol–water partition coefficient (Wildman–Crippen LogP) is 2.81. The Morgan fingerprint density at radius 2 is 1.61 bits per heavy atom. The lowest BCUT2D eigenvalue weighted by Gasteiger charge is -2.22. The van der Waals surface area contributed by atoms with E-state index >= 15 is 0 Å². The van der Waals surface area contributed by atoms with Crippen LogP contribution in [0.5, 0.6) is 0 Å². The summed E-state index contributed by atoms with van der Waals surface area (Å²) in [5, 5.41) is 20.1. The Hall–Kier alpha value is -3.31. The molecule has 1 aliphatic rings. The van der Waals surface area contributed by atoms with E-state index in [2.05, 4.69) is 21.2 Å². The molecule has 2 N–H and O–H groups in total. The lowest BCUT2D eigenvalue weighted by molar-refractivity contribution is 0.0979. The number of nitriles is 2. The van der Waals surface area contributed by atoms with Gasteiger partial charge in [-0.25, -0.2) is 0 Å². The first kappa shape index (κ1) is 19.5. The van der Waals surface area contributed by atoms with Crippen LogP contribution in [0.25, 0.3) is 0 Å². The molecule has 1 aliphatic carbocycles. The van der Waals surface area contributed by atoms with E-state index in [-0.39, 0.29) is 26.7 Å². The maximum Gasteiger partial charge on any atom is 0.296 e. The SMILES string of the molecule is N#CC(C#N)=CNc1c(S(=O)(=O)O)cc(Br)c2c1C(=O)c1ccccc1C2=O. The summed E-state index contributed by atoms with van der Waals surface area (Å²) in [4.78, 5) is 25.3. The molecule has 0 saturated carbocycles. The van der Waals surface area contributed by atoms with Gasteiger partial charge in [0.05, 0.1) is 16.8 Å². The maximum atomic E-state index is 13.0. The van der Waals surface area contributed by atoms with Gasteiger partial charge in [-0.1, -0.05) is 24.3 Å². The molecule has 8 nitrogen and oxygen atoms in total. The van der Waals surface area contributed by atoms with Crippen molar-refractivity contribution in [3.05, 3.63) is 68.8 Å². The Morgan fingerprint density at radius 1 is 1.07 bits per heavy atom. The van der Waals surface area contributed by atoms with Crippen LogP contribution in [0, 0.1) is 22.7 Å². The Balaban J connectivity index is 2.40. The maximum absolute atomic E-state index is 13.0.